The van der Waals surface area contributed by atoms with Gasteiger partial charge in [0.25, 0.3) is 0 Å². The molecule has 46 heavy (non-hydrogen) atoms. The smallest absolute Gasteiger partial charge is 0.317 e. The summed E-state index contributed by atoms with van der Waals surface area (Å²) in [5, 5.41) is 11.7. The van der Waals surface area contributed by atoms with Crippen LogP contribution in [0.3, 0.4) is 0 Å². The second kappa shape index (κ2) is 12.4. The molecule has 0 aliphatic carbocycles. The van der Waals surface area contributed by atoms with Crippen LogP contribution in [-0.4, -0.2) is 71.2 Å². The van der Waals surface area contributed by atoms with Gasteiger partial charge in [-0.15, -0.1) is 0 Å². The van der Waals surface area contributed by atoms with Gasteiger partial charge in [0.1, 0.15) is 6.10 Å². The van der Waals surface area contributed by atoms with E-state index in [2.05, 4.69) is 40.6 Å². The first-order valence-corrected chi connectivity index (χ1v) is 15.2. The van der Waals surface area contributed by atoms with Crippen molar-refractivity contribution in [2.75, 3.05) is 30.3 Å². The number of benzene rings is 2. The predicted molar refractivity (Wildman–Crippen MR) is 177 cm³/mol. The van der Waals surface area contributed by atoms with Crippen LogP contribution in [0.4, 0.5) is 17.5 Å². The average molecular weight is 615 g/mol. The van der Waals surface area contributed by atoms with Gasteiger partial charge < -0.3 is 20.4 Å². The van der Waals surface area contributed by atoms with Crippen molar-refractivity contribution >= 4 is 34.3 Å². The third-order valence-electron chi connectivity index (χ3n) is 8.14. The Morgan fingerprint density at radius 1 is 1.07 bits per heavy atom. The van der Waals surface area contributed by atoms with Crippen LogP contribution in [0.15, 0.2) is 79.3 Å². The summed E-state index contributed by atoms with van der Waals surface area (Å²) >= 11 is 0. The molecule has 1 saturated heterocycles. The molecule has 1 amide bonds. The van der Waals surface area contributed by atoms with E-state index >= 15 is 0 Å². The fourth-order valence-corrected chi connectivity index (χ4v) is 5.71. The molecule has 12 heteroatoms. The normalized spacial score (nSPS) is 14.9. The highest BCUT2D eigenvalue weighted by molar-refractivity contribution is 6.06. The monoisotopic (exact) mass is 614 g/mol. The van der Waals surface area contributed by atoms with Crippen LogP contribution in [0.1, 0.15) is 17.7 Å². The Bertz CT molecular complexity index is 2000. The number of hydrogen-bond donors (Lipinski definition) is 3. The topological polar surface area (TPSA) is 139 Å². The second-order valence-corrected chi connectivity index (χ2v) is 11.5. The number of anilines is 3. The lowest BCUT2D eigenvalue weighted by atomic mass is 10.1. The largest absolute Gasteiger partial charge is 0.459 e. The van der Waals surface area contributed by atoms with Crippen LogP contribution in [-0.2, 0) is 11.8 Å². The zero-order valence-corrected chi connectivity index (χ0v) is 25.9. The van der Waals surface area contributed by atoms with Crippen LogP contribution < -0.4 is 15.4 Å². The summed E-state index contributed by atoms with van der Waals surface area (Å²) in [4.78, 5) is 36.8. The summed E-state index contributed by atoms with van der Waals surface area (Å²) in [5.74, 6) is 1.04. The zero-order chi connectivity index (χ0) is 31.6. The fraction of sp³-hybridized carbons (Fsp3) is 0.235. The lowest BCUT2D eigenvalue weighted by Crippen LogP contribution is -2.33. The summed E-state index contributed by atoms with van der Waals surface area (Å²) < 4.78 is 7.90. The number of nitrogens with one attached hydrogen (secondary N) is 3. The van der Waals surface area contributed by atoms with Crippen molar-refractivity contribution in [3.63, 3.8) is 0 Å². The molecule has 6 aromatic rings. The van der Waals surface area contributed by atoms with Crippen molar-refractivity contribution in [1.82, 2.24) is 39.6 Å². The summed E-state index contributed by atoms with van der Waals surface area (Å²) in [6.07, 6.45) is 6.12. The lowest BCUT2D eigenvalue weighted by molar-refractivity contribution is -0.117. The molecule has 0 spiro atoms. The number of fused-ring (bicyclic) bond motifs is 1. The zero-order valence-electron chi connectivity index (χ0n) is 25.9. The van der Waals surface area contributed by atoms with Crippen LogP contribution >= 0.6 is 0 Å². The van der Waals surface area contributed by atoms with Crippen molar-refractivity contribution in [1.29, 1.82) is 0 Å². The molecule has 1 aliphatic heterocycles. The highest BCUT2D eigenvalue weighted by atomic mass is 16.5. The van der Waals surface area contributed by atoms with Crippen LogP contribution in [0.2, 0.25) is 0 Å². The standard InChI is InChI=1S/C34H34N10O2/c1-21-17-37-33(40-29-16-22(2)43(3)42-29)41-31(21)26-18-36-32-25(26)10-7-11-28(32)38-30(45)20-44-15-13-24(19-44)46-34-35-14-12-27(39-34)23-8-5-4-6-9-23/h4-12,14,16-18,24,36H,13,15,19-20H2,1-3H3,(H,38,45)(H,37,40,41,42). The number of aromatic nitrogens is 7. The van der Waals surface area contributed by atoms with E-state index in [4.69, 9.17) is 9.72 Å². The Balaban J connectivity index is 1.00. The molecule has 0 bridgehead atoms. The van der Waals surface area contributed by atoms with Gasteiger partial charge in [0.05, 0.1) is 29.1 Å². The molecule has 1 aliphatic rings. The number of carbonyl (C=O) groups excluding carboxylic acids is 1. The lowest BCUT2D eigenvalue weighted by Gasteiger charge is -2.16. The molecule has 7 rings (SSSR count). The van der Waals surface area contributed by atoms with E-state index in [0.717, 1.165) is 57.6 Å². The van der Waals surface area contributed by atoms with Crippen molar-refractivity contribution in [3.8, 4) is 28.5 Å². The predicted octanol–water partition coefficient (Wildman–Crippen LogP) is 5.27. The molecule has 0 saturated carbocycles. The van der Waals surface area contributed by atoms with E-state index in [1.807, 2.05) is 87.8 Å². The van der Waals surface area contributed by atoms with Gasteiger partial charge in [-0.25, -0.2) is 15.0 Å². The van der Waals surface area contributed by atoms with Gasteiger partial charge in [0.2, 0.25) is 11.9 Å². The highest BCUT2D eigenvalue weighted by Gasteiger charge is 2.26. The fourth-order valence-electron chi connectivity index (χ4n) is 5.71. The van der Waals surface area contributed by atoms with Gasteiger partial charge >= 0.3 is 6.01 Å². The third-order valence-corrected chi connectivity index (χ3v) is 8.14. The SMILES string of the molecule is Cc1cnc(Nc2cc(C)n(C)n2)nc1-c1c[nH]c2c(NC(=O)CN3CCC(Oc4nccc(-c5ccccc5)n4)C3)cccc12. The summed E-state index contributed by atoms with van der Waals surface area (Å²) in [5.41, 5.74) is 7.03. The number of hydrogen-bond acceptors (Lipinski definition) is 9. The minimum atomic E-state index is -0.0954. The maximum Gasteiger partial charge on any atom is 0.317 e. The number of rotatable bonds is 9. The first-order valence-electron chi connectivity index (χ1n) is 15.2. The summed E-state index contributed by atoms with van der Waals surface area (Å²) in [6, 6.07) is 20.0. The molecule has 232 valence electrons. The van der Waals surface area contributed by atoms with Crippen molar-refractivity contribution in [2.24, 2.45) is 7.05 Å². The minimum Gasteiger partial charge on any atom is -0.459 e. The quantitative estimate of drug-likeness (QED) is 0.199. The number of nitrogens with zero attached hydrogens (tertiary/aromatic N) is 7. The molecule has 1 fully saturated rings. The molecule has 2 aromatic carbocycles. The Morgan fingerprint density at radius 3 is 2.76 bits per heavy atom. The molecule has 1 unspecified atom stereocenters. The number of likely N-dealkylation sites (tertiary alicyclic amines) is 1. The van der Waals surface area contributed by atoms with Gasteiger partial charge in [-0.2, -0.15) is 10.1 Å². The molecular weight excluding hydrogens is 580 g/mol. The molecule has 4 aromatic heterocycles. The number of para-hydroxylation sites is 1. The molecule has 0 radical (unpaired) electrons. The molecule has 1 atom stereocenters. The van der Waals surface area contributed by atoms with Crippen LogP contribution in [0.25, 0.3) is 33.4 Å². The maximum absolute atomic E-state index is 13.2. The highest BCUT2D eigenvalue weighted by Crippen LogP contribution is 2.33. The third kappa shape index (κ3) is 6.15. The first-order chi connectivity index (χ1) is 22.4. The van der Waals surface area contributed by atoms with E-state index < -0.39 is 0 Å². The van der Waals surface area contributed by atoms with Gasteiger partial charge in [-0.05, 0) is 38.0 Å². The Hall–Kier alpha value is -5.62. The molecule has 5 heterocycles. The van der Waals surface area contributed by atoms with E-state index in [-0.39, 0.29) is 18.6 Å². The Labute approximate surface area is 265 Å². The van der Waals surface area contributed by atoms with Crippen molar-refractivity contribution in [2.45, 2.75) is 26.4 Å². The van der Waals surface area contributed by atoms with Crippen LogP contribution in [0, 0.1) is 13.8 Å². The van der Waals surface area contributed by atoms with Crippen LogP contribution in [0.5, 0.6) is 6.01 Å². The van der Waals surface area contributed by atoms with Gasteiger partial charge in [0.15, 0.2) is 5.82 Å². The maximum atomic E-state index is 13.2. The molecule has 3 N–H and O–H groups in total. The van der Waals surface area contributed by atoms with E-state index in [1.165, 1.54) is 0 Å². The Kier molecular flexibility index (Phi) is 7.85. The van der Waals surface area contributed by atoms with Crippen molar-refractivity contribution < 1.29 is 9.53 Å². The molecular formula is C34H34N10O2. The average Bonchev–Trinajstić information content (AvgIpc) is 3.77. The van der Waals surface area contributed by atoms with Gasteiger partial charge in [-0.1, -0.05) is 42.5 Å². The number of aromatic amines is 1. The number of aryl methyl sites for hydroxylation is 3. The summed E-state index contributed by atoms with van der Waals surface area (Å²) in [7, 11) is 1.89. The number of H-pyrrole nitrogens is 1. The minimum absolute atomic E-state index is 0.0922. The number of amides is 1. The first kappa shape index (κ1) is 29.1. The van der Waals surface area contributed by atoms with E-state index in [0.29, 0.717) is 30.0 Å². The van der Waals surface area contributed by atoms with E-state index in [9.17, 15) is 4.79 Å². The van der Waals surface area contributed by atoms with E-state index in [1.54, 1.807) is 17.1 Å². The number of ether oxygens (including phenoxy) is 1. The van der Waals surface area contributed by atoms with Crippen molar-refractivity contribution in [3.05, 3.63) is 90.5 Å². The second-order valence-electron chi connectivity index (χ2n) is 11.5. The Morgan fingerprint density at radius 2 is 1.93 bits per heavy atom. The molecule has 12 nitrogen and oxygen atoms in total. The van der Waals surface area contributed by atoms with Gasteiger partial charge in [-0.3, -0.25) is 14.4 Å². The summed E-state index contributed by atoms with van der Waals surface area (Å²) in [6.45, 7) is 5.58. The number of carbonyl (C=O) groups is 1. The van der Waals surface area contributed by atoms with Gasteiger partial charge in [0, 0.05) is 67.0 Å².